The van der Waals surface area contributed by atoms with E-state index in [1.807, 2.05) is 13.8 Å². The van der Waals surface area contributed by atoms with Crippen LogP contribution in [0.15, 0.2) is 12.3 Å². The van der Waals surface area contributed by atoms with Crippen LogP contribution < -0.4 is 5.73 Å². The summed E-state index contributed by atoms with van der Waals surface area (Å²) in [4.78, 5) is 15.9. The van der Waals surface area contributed by atoms with Gasteiger partial charge in [-0.15, -0.1) is 0 Å². The van der Waals surface area contributed by atoms with Crippen molar-refractivity contribution >= 4 is 11.6 Å². The van der Waals surface area contributed by atoms with Crippen molar-refractivity contribution in [3.05, 3.63) is 23.4 Å². The molecule has 0 radical (unpaired) electrons. The number of carbonyl (C=O) groups is 1. The zero-order valence-corrected chi connectivity index (χ0v) is 9.28. The largest absolute Gasteiger partial charge is 0.383 e. The lowest BCUT2D eigenvalue weighted by molar-refractivity contribution is 0.0595. The molecule has 1 aromatic rings. The van der Waals surface area contributed by atoms with Gasteiger partial charge in [-0.05, 0) is 25.0 Å². The average Bonchev–Trinajstić information content (AvgIpc) is 2.19. The van der Waals surface area contributed by atoms with Crippen LogP contribution in [0.25, 0.3) is 0 Å². The fourth-order valence-electron chi connectivity index (χ4n) is 1.52. The summed E-state index contributed by atoms with van der Waals surface area (Å²) in [5.74, 6) is 0.179. The lowest BCUT2D eigenvalue weighted by atomic mass is 10.0. The maximum atomic E-state index is 12.0. The summed E-state index contributed by atoms with van der Waals surface area (Å²) in [5, 5.41) is 0. The van der Waals surface area contributed by atoms with E-state index < -0.39 is 6.10 Å². The Hall–Kier alpha value is -1.42. The Balaban J connectivity index is 3.10. The van der Waals surface area contributed by atoms with Gasteiger partial charge in [0.2, 0.25) is 0 Å². The molecule has 0 aromatic carbocycles. The maximum Gasteiger partial charge on any atom is 0.195 e. The van der Waals surface area contributed by atoms with Crippen molar-refractivity contribution in [3.63, 3.8) is 0 Å². The third-order valence-corrected chi connectivity index (χ3v) is 2.38. The number of nitrogen functional groups attached to an aromatic ring is 1. The number of nitrogens with zero attached hydrogens (tertiary/aromatic N) is 1. The standard InChI is InChI=1S/C11H16N2O2/c1-4-8(15-3)10(14)9-7(2)5-6-13-11(9)12/h5-6,8H,4H2,1-3H3,(H2,12,13). The highest BCUT2D eigenvalue weighted by atomic mass is 16.5. The van der Waals surface area contributed by atoms with Gasteiger partial charge in [0.1, 0.15) is 11.9 Å². The maximum absolute atomic E-state index is 12.0. The number of nitrogens with two attached hydrogens (primary N) is 1. The molecule has 82 valence electrons. The number of anilines is 1. The second-order valence-electron chi connectivity index (χ2n) is 3.38. The van der Waals surface area contributed by atoms with Gasteiger partial charge in [0.15, 0.2) is 5.78 Å². The van der Waals surface area contributed by atoms with Crippen LogP contribution in [0.2, 0.25) is 0 Å². The number of ketones is 1. The van der Waals surface area contributed by atoms with Gasteiger partial charge < -0.3 is 10.5 Å². The normalized spacial score (nSPS) is 12.5. The number of aromatic nitrogens is 1. The summed E-state index contributed by atoms with van der Waals surface area (Å²) in [7, 11) is 1.52. The van der Waals surface area contributed by atoms with Gasteiger partial charge in [0.25, 0.3) is 0 Å². The Morgan fingerprint density at radius 1 is 1.67 bits per heavy atom. The van der Waals surface area contributed by atoms with Crippen LogP contribution in [0.5, 0.6) is 0 Å². The van der Waals surface area contributed by atoms with Crippen molar-refractivity contribution in [3.8, 4) is 0 Å². The van der Waals surface area contributed by atoms with E-state index in [1.165, 1.54) is 7.11 Å². The first kappa shape index (κ1) is 11.7. The van der Waals surface area contributed by atoms with Gasteiger partial charge in [-0.25, -0.2) is 4.98 Å². The van der Waals surface area contributed by atoms with Gasteiger partial charge in [0.05, 0.1) is 5.56 Å². The molecule has 1 atom stereocenters. The minimum absolute atomic E-state index is 0.0944. The van der Waals surface area contributed by atoms with Crippen LogP contribution in [0.3, 0.4) is 0 Å². The van der Waals surface area contributed by atoms with Gasteiger partial charge in [-0.2, -0.15) is 0 Å². The van der Waals surface area contributed by atoms with E-state index in [0.29, 0.717) is 12.0 Å². The molecule has 0 saturated carbocycles. The zero-order chi connectivity index (χ0) is 11.4. The average molecular weight is 208 g/mol. The van der Waals surface area contributed by atoms with Crippen LogP contribution in [0.1, 0.15) is 29.3 Å². The Morgan fingerprint density at radius 3 is 2.80 bits per heavy atom. The molecule has 0 aliphatic heterocycles. The number of hydrogen-bond donors (Lipinski definition) is 1. The molecule has 1 unspecified atom stereocenters. The highest BCUT2D eigenvalue weighted by Gasteiger charge is 2.21. The first-order valence-corrected chi connectivity index (χ1v) is 4.89. The van der Waals surface area contributed by atoms with Crippen molar-refractivity contribution in [2.75, 3.05) is 12.8 Å². The fourth-order valence-corrected chi connectivity index (χ4v) is 1.52. The van der Waals surface area contributed by atoms with E-state index in [4.69, 9.17) is 10.5 Å². The summed E-state index contributed by atoms with van der Waals surface area (Å²) in [6, 6.07) is 1.77. The molecule has 1 rings (SSSR count). The van der Waals surface area contributed by atoms with Crippen LogP contribution in [-0.2, 0) is 4.74 Å². The first-order valence-electron chi connectivity index (χ1n) is 4.89. The summed E-state index contributed by atoms with van der Waals surface area (Å²) in [6.45, 7) is 3.74. The molecule has 15 heavy (non-hydrogen) atoms. The quantitative estimate of drug-likeness (QED) is 0.763. The SMILES string of the molecule is CCC(OC)C(=O)c1c(C)ccnc1N. The molecule has 0 fully saturated rings. The van der Waals surface area contributed by atoms with Crippen LogP contribution in [0.4, 0.5) is 5.82 Å². The van der Waals surface area contributed by atoms with Crippen molar-refractivity contribution in [2.24, 2.45) is 0 Å². The Morgan fingerprint density at radius 2 is 2.33 bits per heavy atom. The molecule has 2 N–H and O–H groups in total. The summed E-state index contributed by atoms with van der Waals surface area (Å²) >= 11 is 0. The molecule has 1 aromatic heterocycles. The zero-order valence-electron chi connectivity index (χ0n) is 9.28. The van der Waals surface area contributed by atoms with E-state index >= 15 is 0 Å². The van der Waals surface area contributed by atoms with Crippen molar-refractivity contribution in [2.45, 2.75) is 26.4 Å². The van der Waals surface area contributed by atoms with E-state index in [0.717, 1.165) is 5.56 Å². The number of methoxy groups -OCH3 is 1. The summed E-state index contributed by atoms with van der Waals surface area (Å²) in [6.07, 6.45) is 1.79. The van der Waals surface area contributed by atoms with Crippen LogP contribution in [-0.4, -0.2) is 24.0 Å². The van der Waals surface area contributed by atoms with Gasteiger partial charge >= 0.3 is 0 Å². The van der Waals surface area contributed by atoms with Crippen molar-refractivity contribution < 1.29 is 9.53 Å². The van der Waals surface area contributed by atoms with Gasteiger partial charge in [-0.3, -0.25) is 4.79 Å². The van der Waals surface area contributed by atoms with Crippen molar-refractivity contribution in [1.82, 2.24) is 4.98 Å². The second-order valence-corrected chi connectivity index (χ2v) is 3.38. The van der Waals surface area contributed by atoms with Crippen LogP contribution >= 0.6 is 0 Å². The highest BCUT2D eigenvalue weighted by molar-refractivity contribution is 6.04. The monoisotopic (exact) mass is 208 g/mol. The lowest BCUT2D eigenvalue weighted by Crippen LogP contribution is -2.24. The number of ether oxygens (including phenoxy) is 1. The Kier molecular flexibility index (Phi) is 3.80. The fraction of sp³-hybridized carbons (Fsp3) is 0.455. The van der Waals surface area contributed by atoms with E-state index in [9.17, 15) is 4.79 Å². The van der Waals surface area contributed by atoms with E-state index in [-0.39, 0.29) is 11.6 Å². The minimum Gasteiger partial charge on any atom is -0.383 e. The lowest BCUT2D eigenvalue weighted by Gasteiger charge is -2.14. The molecule has 0 saturated heterocycles. The third kappa shape index (κ3) is 2.33. The van der Waals surface area contributed by atoms with Crippen molar-refractivity contribution in [1.29, 1.82) is 0 Å². The van der Waals surface area contributed by atoms with E-state index in [1.54, 1.807) is 12.3 Å². The Bertz CT molecular complexity index is 339. The molecule has 4 nitrogen and oxygen atoms in total. The second kappa shape index (κ2) is 4.89. The molecule has 0 amide bonds. The first-order chi connectivity index (χ1) is 7.11. The molecular formula is C11H16N2O2. The smallest absolute Gasteiger partial charge is 0.195 e. The number of aryl methyl sites for hydroxylation is 1. The molecule has 0 aliphatic rings. The predicted octanol–water partition coefficient (Wildman–Crippen LogP) is 1.58. The summed E-state index contributed by atoms with van der Waals surface area (Å²) < 4.78 is 5.09. The minimum atomic E-state index is -0.435. The molecule has 0 spiro atoms. The predicted molar refractivity (Wildman–Crippen MR) is 58.8 cm³/mol. The third-order valence-electron chi connectivity index (χ3n) is 2.38. The molecule has 0 bridgehead atoms. The molecule has 0 aliphatic carbocycles. The molecule has 4 heteroatoms. The van der Waals surface area contributed by atoms with Gasteiger partial charge in [0, 0.05) is 13.3 Å². The molecular weight excluding hydrogens is 192 g/mol. The number of rotatable bonds is 4. The van der Waals surface area contributed by atoms with Crippen LogP contribution in [0, 0.1) is 6.92 Å². The number of Topliss-reactive ketones (excluding diaryl/α,β-unsaturated/α-hetero) is 1. The topological polar surface area (TPSA) is 65.2 Å². The summed E-state index contributed by atoms with van der Waals surface area (Å²) in [5.41, 5.74) is 7.00. The Labute approximate surface area is 89.5 Å². The molecule has 1 heterocycles. The van der Waals surface area contributed by atoms with E-state index in [2.05, 4.69) is 4.98 Å². The number of pyridine rings is 1. The number of carbonyl (C=O) groups excluding carboxylic acids is 1. The highest BCUT2D eigenvalue weighted by Crippen LogP contribution is 2.17. The number of hydrogen-bond acceptors (Lipinski definition) is 4. The van der Waals surface area contributed by atoms with Gasteiger partial charge in [-0.1, -0.05) is 6.92 Å².